The van der Waals surface area contributed by atoms with Crippen LogP contribution < -0.4 is 5.32 Å². The Hall–Kier alpha value is -0.740. The summed E-state index contributed by atoms with van der Waals surface area (Å²) in [6.45, 7) is 0.335. The first-order valence-corrected chi connectivity index (χ1v) is 6.43. The SMILES string of the molecule is FC(F)(F)CCCNC1c2ccccc2CC1Cl. The standard InChI is InChI=1S/C13H15ClF3N/c14-11-8-9-4-1-2-5-10(9)12(11)18-7-3-6-13(15,16)17/h1-2,4-5,11-12,18H,3,6-8H2. The van der Waals surface area contributed by atoms with Gasteiger partial charge in [0.1, 0.15) is 0 Å². The van der Waals surface area contributed by atoms with E-state index in [0.29, 0.717) is 6.54 Å². The molecule has 1 aromatic rings. The van der Waals surface area contributed by atoms with Gasteiger partial charge in [-0.15, -0.1) is 11.6 Å². The van der Waals surface area contributed by atoms with Crippen molar-refractivity contribution in [2.75, 3.05) is 6.54 Å². The van der Waals surface area contributed by atoms with Crippen LogP contribution in [0.25, 0.3) is 0 Å². The van der Waals surface area contributed by atoms with E-state index in [0.717, 1.165) is 12.0 Å². The molecule has 0 amide bonds. The van der Waals surface area contributed by atoms with Crippen LogP contribution in [0.3, 0.4) is 0 Å². The van der Waals surface area contributed by atoms with Gasteiger partial charge < -0.3 is 5.32 Å². The fraction of sp³-hybridized carbons (Fsp3) is 0.538. The minimum Gasteiger partial charge on any atom is -0.309 e. The number of hydrogen-bond donors (Lipinski definition) is 1. The summed E-state index contributed by atoms with van der Waals surface area (Å²) in [5.41, 5.74) is 2.30. The highest BCUT2D eigenvalue weighted by molar-refractivity contribution is 6.21. The van der Waals surface area contributed by atoms with Gasteiger partial charge in [0.15, 0.2) is 0 Å². The monoisotopic (exact) mass is 277 g/mol. The van der Waals surface area contributed by atoms with Gasteiger partial charge in [-0.05, 0) is 30.5 Å². The molecule has 0 bridgehead atoms. The Balaban J connectivity index is 1.87. The third kappa shape index (κ3) is 3.39. The van der Waals surface area contributed by atoms with Gasteiger partial charge in [-0.1, -0.05) is 24.3 Å². The summed E-state index contributed by atoms with van der Waals surface area (Å²) < 4.78 is 36.1. The first kappa shape index (κ1) is 13.7. The van der Waals surface area contributed by atoms with E-state index in [1.807, 2.05) is 24.3 Å². The molecule has 0 saturated carbocycles. The predicted octanol–water partition coefficient (Wildman–Crippen LogP) is 3.82. The number of nitrogens with one attached hydrogen (secondary N) is 1. The molecule has 100 valence electrons. The Labute approximate surface area is 109 Å². The van der Waals surface area contributed by atoms with E-state index in [2.05, 4.69) is 5.32 Å². The Bertz CT molecular complexity index is 405. The third-order valence-electron chi connectivity index (χ3n) is 3.17. The van der Waals surface area contributed by atoms with Crippen molar-refractivity contribution in [3.05, 3.63) is 35.4 Å². The van der Waals surface area contributed by atoms with E-state index < -0.39 is 12.6 Å². The Kier molecular flexibility index (Phi) is 4.17. The van der Waals surface area contributed by atoms with Gasteiger partial charge in [0.2, 0.25) is 0 Å². The maximum absolute atomic E-state index is 12.0. The van der Waals surface area contributed by atoms with Crippen LogP contribution in [-0.2, 0) is 6.42 Å². The maximum atomic E-state index is 12.0. The molecule has 1 N–H and O–H groups in total. The average Bonchev–Trinajstić information content (AvgIpc) is 2.59. The molecule has 5 heteroatoms. The normalized spacial score (nSPS) is 23.1. The molecule has 0 fully saturated rings. The van der Waals surface area contributed by atoms with Crippen molar-refractivity contribution in [2.24, 2.45) is 0 Å². The lowest BCUT2D eigenvalue weighted by atomic mass is 10.1. The second-order valence-electron chi connectivity index (χ2n) is 4.57. The summed E-state index contributed by atoms with van der Waals surface area (Å²) in [6, 6.07) is 7.85. The Morgan fingerprint density at radius 2 is 2.00 bits per heavy atom. The van der Waals surface area contributed by atoms with Gasteiger partial charge in [-0.25, -0.2) is 0 Å². The molecule has 0 spiro atoms. The number of alkyl halides is 4. The Morgan fingerprint density at radius 1 is 1.28 bits per heavy atom. The zero-order valence-electron chi connectivity index (χ0n) is 9.80. The fourth-order valence-electron chi connectivity index (χ4n) is 2.33. The first-order valence-electron chi connectivity index (χ1n) is 5.99. The fourth-order valence-corrected chi connectivity index (χ4v) is 2.72. The number of halogens is 4. The zero-order valence-corrected chi connectivity index (χ0v) is 10.6. The van der Waals surface area contributed by atoms with E-state index >= 15 is 0 Å². The molecule has 1 aliphatic rings. The van der Waals surface area contributed by atoms with Gasteiger partial charge in [-0.3, -0.25) is 0 Å². The summed E-state index contributed by atoms with van der Waals surface area (Å²) in [4.78, 5) is 0. The van der Waals surface area contributed by atoms with Crippen molar-refractivity contribution in [2.45, 2.75) is 36.9 Å². The third-order valence-corrected chi connectivity index (χ3v) is 3.57. The van der Waals surface area contributed by atoms with Crippen LogP contribution in [-0.4, -0.2) is 18.1 Å². The molecular weight excluding hydrogens is 263 g/mol. The largest absolute Gasteiger partial charge is 0.389 e. The summed E-state index contributed by atoms with van der Waals surface area (Å²) >= 11 is 6.23. The van der Waals surface area contributed by atoms with Crippen LogP contribution >= 0.6 is 11.6 Å². The minimum atomic E-state index is -4.07. The molecule has 0 heterocycles. The number of fused-ring (bicyclic) bond motifs is 1. The van der Waals surface area contributed by atoms with Crippen LogP contribution in [0.1, 0.15) is 30.0 Å². The summed E-state index contributed by atoms with van der Waals surface area (Å²) in [6.07, 6.45) is -3.96. The van der Waals surface area contributed by atoms with Gasteiger partial charge in [0, 0.05) is 12.5 Å². The van der Waals surface area contributed by atoms with Gasteiger partial charge in [0.25, 0.3) is 0 Å². The Morgan fingerprint density at radius 3 is 2.72 bits per heavy atom. The van der Waals surface area contributed by atoms with Gasteiger partial charge in [0.05, 0.1) is 5.38 Å². The van der Waals surface area contributed by atoms with E-state index in [1.165, 1.54) is 5.56 Å². The van der Waals surface area contributed by atoms with Crippen LogP contribution in [0.15, 0.2) is 24.3 Å². The lowest BCUT2D eigenvalue weighted by Gasteiger charge is -2.17. The smallest absolute Gasteiger partial charge is 0.309 e. The van der Waals surface area contributed by atoms with Gasteiger partial charge in [-0.2, -0.15) is 13.2 Å². The molecular formula is C13H15ClF3N. The van der Waals surface area contributed by atoms with Crippen LogP contribution in [0.2, 0.25) is 0 Å². The lowest BCUT2D eigenvalue weighted by molar-refractivity contribution is -0.135. The molecule has 0 aromatic heterocycles. The van der Waals surface area contributed by atoms with Crippen molar-refractivity contribution in [3.63, 3.8) is 0 Å². The molecule has 0 radical (unpaired) electrons. The highest BCUT2D eigenvalue weighted by Gasteiger charge is 2.31. The number of benzene rings is 1. The first-order chi connectivity index (χ1) is 8.47. The highest BCUT2D eigenvalue weighted by Crippen LogP contribution is 2.34. The number of hydrogen-bond acceptors (Lipinski definition) is 1. The second kappa shape index (κ2) is 5.49. The minimum absolute atomic E-state index is 0.0314. The summed E-state index contributed by atoms with van der Waals surface area (Å²) in [5, 5.41) is 3.05. The van der Waals surface area contributed by atoms with Gasteiger partial charge >= 0.3 is 6.18 Å². The molecule has 2 rings (SSSR count). The molecule has 2 unspecified atom stereocenters. The molecule has 1 aromatic carbocycles. The predicted molar refractivity (Wildman–Crippen MR) is 65.8 cm³/mol. The molecule has 0 aliphatic heterocycles. The van der Waals surface area contributed by atoms with Crippen molar-refractivity contribution in [1.82, 2.24) is 5.32 Å². The average molecular weight is 278 g/mol. The molecule has 1 aliphatic carbocycles. The maximum Gasteiger partial charge on any atom is 0.389 e. The van der Waals surface area contributed by atoms with Crippen molar-refractivity contribution in [3.8, 4) is 0 Å². The second-order valence-corrected chi connectivity index (χ2v) is 5.13. The van der Waals surface area contributed by atoms with Crippen LogP contribution in [0, 0.1) is 0 Å². The van der Waals surface area contributed by atoms with Crippen LogP contribution in [0.5, 0.6) is 0 Å². The molecule has 18 heavy (non-hydrogen) atoms. The van der Waals surface area contributed by atoms with E-state index in [1.54, 1.807) is 0 Å². The van der Waals surface area contributed by atoms with Crippen molar-refractivity contribution in [1.29, 1.82) is 0 Å². The molecule has 0 saturated heterocycles. The van der Waals surface area contributed by atoms with E-state index in [4.69, 9.17) is 11.6 Å². The summed E-state index contributed by atoms with van der Waals surface area (Å²) in [7, 11) is 0. The zero-order chi connectivity index (χ0) is 13.2. The lowest BCUT2D eigenvalue weighted by Crippen LogP contribution is -2.27. The van der Waals surface area contributed by atoms with E-state index in [9.17, 15) is 13.2 Å². The van der Waals surface area contributed by atoms with Crippen molar-refractivity contribution >= 4 is 11.6 Å². The van der Waals surface area contributed by atoms with Crippen LogP contribution in [0.4, 0.5) is 13.2 Å². The quantitative estimate of drug-likeness (QED) is 0.652. The van der Waals surface area contributed by atoms with Crippen molar-refractivity contribution < 1.29 is 13.2 Å². The summed E-state index contributed by atoms with van der Waals surface area (Å²) in [5.74, 6) is 0. The topological polar surface area (TPSA) is 12.0 Å². The molecule has 2 atom stereocenters. The number of rotatable bonds is 4. The van der Waals surface area contributed by atoms with E-state index in [-0.39, 0.29) is 17.8 Å². The molecule has 1 nitrogen and oxygen atoms in total. The highest BCUT2D eigenvalue weighted by atomic mass is 35.5.